The predicted molar refractivity (Wildman–Crippen MR) is 69.6 cm³/mol. The molecule has 1 aromatic carbocycles. The Labute approximate surface area is 109 Å². The minimum absolute atomic E-state index is 0. The van der Waals surface area contributed by atoms with Gasteiger partial charge < -0.3 is 10.8 Å². The molecule has 1 aromatic rings. The van der Waals surface area contributed by atoms with Crippen molar-refractivity contribution in [2.24, 2.45) is 5.73 Å². The first-order valence-corrected chi connectivity index (χ1v) is 5.62. The van der Waals surface area contributed by atoms with Gasteiger partial charge in [0.15, 0.2) is 0 Å². The summed E-state index contributed by atoms with van der Waals surface area (Å²) >= 11 is 9.17. The maximum absolute atomic E-state index is 9.59. The second-order valence-electron chi connectivity index (χ2n) is 3.17. The van der Waals surface area contributed by atoms with Crippen LogP contribution in [0.5, 0.6) is 0 Å². The summed E-state index contributed by atoms with van der Waals surface area (Å²) in [5.41, 5.74) is 6.76. The molecule has 0 aliphatic rings. The van der Waals surface area contributed by atoms with Gasteiger partial charge in [0.1, 0.15) is 0 Å². The summed E-state index contributed by atoms with van der Waals surface area (Å²) in [5.74, 6) is 0. The van der Waals surface area contributed by atoms with Crippen LogP contribution in [0.4, 0.5) is 0 Å². The molecule has 5 heteroatoms. The largest absolute Gasteiger partial charge is 0.391 e. The zero-order valence-corrected chi connectivity index (χ0v) is 11.4. The highest BCUT2D eigenvalue weighted by molar-refractivity contribution is 9.10. The van der Waals surface area contributed by atoms with E-state index in [0.717, 1.165) is 10.0 Å². The number of hydrogen-bond acceptors (Lipinski definition) is 2. The van der Waals surface area contributed by atoms with Crippen molar-refractivity contribution >= 4 is 39.9 Å². The minimum atomic E-state index is -0.521. The molecule has 0 fully saturated rings. The molecular weight excluding hydrogens is 301 g/mol. The van der Waals surface area contributed by atoms with Crippen molar-refractivity contribution < 1.29 is 5.11 Å². The van der Waals surface area contributed by atoms with Crippen LogP contribution in [-0.2, 0) is 0 Å². The molecule has 0 aromatic heterocycles. The lowest BCUT2D eigenvalue weighted by Crippen LogP contribution is -2.25. The summed E-state index contributed by atoms with van der Waals surface area (Å²) in [7, 11) is 0. The molecule has 0 amide bonds. The number of hydrogen-bond donors (Lipinski definition) is 2. The molecule has 0 saturated heterocycles. The lowest BCUT2D eigenvalue weighted by molar-refractivity contribution is 0.140. The molecule has 0 aliphatic carbocycles. The number of aliphatic hydroxyl groups excluding tert-OH is 1. The Balaban J connectivity index is 0.00000196. The van der Waals surface area contributed by atoms with Gasteiger partial charge in [-0.25, -0.2) is 0 Å². The third-order valence-electron chi connectivity index (χ3n) is 2.15. The molecule has 1 rings (SSSR count). The highest BCUT2D eigenvalue weighted by atomic mass is 79.9. The Morgan fingerprint density at radius 2 is 2.13 bits per heavy atom. The monoisotopic (exact) mass is 313 g/mol. The molecule has 0 aliphatic heterocycles. The van der Waals surface area contributed by atoms with E-state index >= 15 is 0 Å². The van der Waals surface area contributed by atoms with Gasteiger partial charge in [-0.3, -0.25) is 0 Å². The molecule has 2 nitrogen and oxygen atoms in total. The minimum Gasteiger partial charge on any atom is -0.391 e. The van der Waals surface area contributed by atoms with E-state index in [1.54, 1.807) is 12.1 Å². The molecule has 0 unspecified atom stereocenters. The van der Waals surface area contributed by atoms with E-state index in [9.17, 15) is 5.11 Å². The average Bonchev–Trinajstić information content (AvgIpc) is 2.15. The van der Waals surface area contributed by atoms with Gasteiger partial charge in [0.25, 0.3) is 0 Å². The number of rotatable bonds is 3. The van der Waals surface area contributed by atoms with Gasteiger partial charge in [-0.15, -0.1) is 12.4 Å². The van der Waals surface area contributed by atoms with Crippen LogP contribution in [0.3, 0.4) is 0 Å². The van der Waals surface area contributed by atoms with Gasteiger partial charge in [0.2, 0.25) is 0 Å². The smallest absolute Gasteiger partial charge is 0.0730 e. The van der Waals surface area contributed by atoms with E-state index in [-0.39, 0.29) is 18.4 Å². The number of halogens is 3. The molecule has 86 valence electrons. The van der Waals surface area contributed by atoms with Gasteiger partial charge >= 0.3 is 0 Å². The van der Waals surface area contributed by atoms with Crippen LogP contribution in [0.15, 0.2) is 22.7 Å². The second-order valence-corrected chi connectivity index (χ2v) is 4.46. The summed E-state index contributed by atoms with van der Waals surface area (Å²) in [5, 5.41) is 10.2. The lowest BCUT2D eigenvalue weighted by atomic mass is 10.0. The van der Waals surface area contributed by atoms with Crippen molar-refractivity contribution in [1.29, 1.82) is 0 Å². The second kappa shape index (κ2) is 6.71. The fourth-order valence-electron chi connectivity index (χ4n) is 1.23. The first kappa shape index (κ1) is 15.2. The Morgan fingerprint density at radius 3 is 2.60 bits per heavy atom. The van der Waals surface area contributed by atoms with Gasteiger partial charge in [0.05, 0.1) is 12.1 Å². The Kier molecular flexibility index (Phi) is 6.80. The first-order chi connectivity index (χ1) is 6.56. The molecule has 2 atom stereocenters. The highest BCUT2D eigenvalue weighted by Gasteiger charge is 2.17. The van der Waals surface area contributed by atoms with Gasteiger partial charge in [0, 0.05) is 9.50 Å². The van der Waals surface area contributed by atoms with Crippen LogP contribution in [0.1, 0.15) is 24.9 Å². The summed E-state index contributed by atoms with van der Waals surface area (Å²) in [6.07, 6.45) is 0.114. The van der Waals surface area contributed by atoms with Gasteiger partial charge in [-0.1, -0.05) is 40.5 Å². The topological polar surface area (TPSA) is 46.2 Å². The number of nitrogens with two attached hydrogens (primary N) is 1. The summed E-state index contributed by atoms with van der Waals surface area (Å²) in [6, 6.07) is 5.01. The standard InChI is InChI=1S/C10H13BrClNO.ClH/c1-2-9(14)10(13)7-4-3-6(12)5-8(7)11;/h3-5,9-10,14H,2,13H2,1H3;1H/t9-,10+;/m0./s1. The SMILES string of the molecule is CC[C@H](O)[C@H](N)c1ccc(Cl)cc1Br.Cl. The molecule has 0 bridgehead atoms. The van der Waals surface area contributed by atoms with Crippen LogP contribution in [-0.4, -0.2) is 11.2 Å². The Morgan fingerprint density at radius 1 is 1.53 bits per heavy atom. The van der Waals surface area contributed by atoms with Crippen LogP contribution >= 0.6 is 39.9 Å². The molecule has 3 N–H and O–H groups in total. The van der Waals surface area contributed by atoms with E-state index in [1.807, 2.05) is 13.0 Å². The highest BCUT2D eigenvalue weighted by Crippen LogP contribution is 2.27. The summed E-state index contributed by atoms with van der Waals surface area (Å²) in [6.45, 7) is 1.90. The van der Waals surface area contributed by atoms with E-state index in [0.29, 0.717) is 11.4 Å². The van der Waals surface area contributed by atoms with Crippen molar-refractivity contribution in [2.45, 2.75) is 25.5 Å². The first-order valence-electron chi connectivity index (χ1n) is 4.44. The summed E-state index contributed by atoms with van der Waals surface area (Å²) in [4.78, 5) is 0. The lowest BCUT2D eigenvalue weighted by Gasteiger charge is -2.18. The molecule has 0 radical (unpaired) electrons. The number of aliphatic hydroxyl groups is 1. The van der Waals surface area contributed by atoms with Crippen LogP contribution < -0.4 is 5.73 Å². The van der Waals surface area contributed by atoms with Gasteiger partial charge in [-0.2, -0.15) is 0 Å². The zero-order valence-electron chi connectivity index (χ0n) is 8.28. The van der Waals surface area contributed by atoms with E-state index in [4.69, 9.17) is 17.3 Å². The van der Waals surface area contributed by atoms with Crippen molar-refractivity contribution in [3.63, 3.8) is 0 Å². The van der Waals surface area contributed by atoms with Gasteiger partial charge in [-0.05, 0) is 24.1 Å². The molecule has 0 saturated carbocycles. The van der Waals surface area contributed by atoms with Crippen molar-refractivity contribution in [2.75, 3.05) is 0 Å². The third kappa shape index (κ3) is 3.93. The van der Waals surface area contributed by atoms with Crippen molar-refractivity contribution in [3.05, 3.63) is 33.3 Å². The third-order valence-corrected chi connectivity index (χ3v) is 3.08. The molecule has 15 heavy (non-hydrogen) atoms. The molecule has 0 heterocycles. The van der Waals surface area contributed by atoms with E-state index in [2.05, 4.69) is 15.9 Å². The normalized spacial score (nSPS) is 14.2. The van der Waals surface area contributed by atoms with Crippen LogP contribution in [0.25, 0.3) is 0 Å². The maximum atomic E-state index is 9.59. The van der Waals surface area contributed by atoms with Crippen molar-refractivity contribution in [3.8, 4) is 0 Å². The number of benzene rings is 1. The quantitative estimate of drug-likeness (QED) is 0.899. The average molecular weight is 315 g/mol. The van der Waals surface area contributed by atoms with Crippen LogP contribution in [0, 0.1) is 0 Å². The fraction of sp³-hybridized carbons (Fsp3) is 0.400. The maximum Gasteiger partial charge on any atom is 0.0730 e. The van der Waals surface area contributed by atoms with E-state index < -0.39 is 6.10 Å². The summed E-state index contributed by atoms with van der Waals surface area (Å²) < 4.78 is 0.838. The van der Waals surface area contributed by atoms with Crippen molar-refractivity contribution in [1.82, 2.24) is 0 Å². The zero-order chi connectivity index (χ0) is 10.7. The predicted octanol–water partition coefficient (Wildman–Crippen LogP) is 3.30. The van der Waals surface area contributed by atoms with Crippen LogP contribution in [0.2, 0.25) is 5.02 Å². The molecular formula is C10H14BrCl2NO. The fourth-order valence-corrected chi connectivity index (χ4v) is 2.18. The Hall–Kier alpha value is 0.200. The van der Waals surface area contributed by atoms with E-state index in [1.165, 1.54) is 0 Å². The molecule has 0 spiro atoms. The Bertz CT molecular complexity index is 322.